The van der Waals surface area contributed by atoms with E-state index in [0.29, 0.717) is 19.6 Å². The standard InChI is InChI=1S/C17H25NO4/c1-4-10-21-17(20)18-15(16(19)22-12-13(2)3)11-14-8-6-5-7-9-14/h5-9,13,15H,4,10-12H2,1-3H3,(H,18,20). The van der Waals surface area contributed by atoms with Gasteiger partial charge in [-0.25, -0.2) is 9.59 Å². The van der Waals surface area contributed by atoms with Gasteiger partial charge in [-0.05, 0) is 17.9 Å². The van der Waals surface area contributed by atoms with Gasteiger partial charge in [-0.2, -0.15) is 0 Å². The van der Waals surface area contributed by atoms with Gasteiger partial charge in [0.2, 0.25) is 0 Å². The number of hydrogen-bond acceptors (Lipinski definition) is 4. The molecule has 0 aliphatic heterocycles. The maximum atomic E-state index is 12.2. The van der Waals surface area contributed by atoms with E-state index in [-0.39, 0.29) is 5.92 Å². The van der Waals surface area contributed by atoms with Crippen molar-refractivity contribution in [3.05, 3.63) is 35.9 Å². The molecule has 5 nitrogen and oxygen atoms in total. The first-order valence-electron chi connectivity index (χ1n) is 7.66. The maximum Gasteiger partial charge on any atom is 0.407 e. The SMILES string of the molecule is CCCOC(=O)NC(Cc1ccccc1)C(=O)OCC(C)C. The van der Waals surface area contributed by atoms with Crippen LogP contribution >= 0.6 is 0 Å². The quantitative estimate of drug-likeness (QED) is 0.750. The summed E-state index contributed by atoms with van der Waals surface area (Å²) in [7, 11) is 0. The predicted molar refractivity (Wildman–Crippen MR) is 84.5 cm³/mol. The normalized spacial score (nSPS) is 11.8. The van der Waals surface area contributed by atoms with Crippen molar-refractivity contribution < 1.29 is 19.1 Å². The van der Waals surface area contributed by atoms with Gasteiger partial charge < -0.3 is 14.8 Å². The molecule has 1 amide bonds. The lowest BCUT2D eigenvalue weighted by Crippen LogP contribution is -2.44. The zero-order valence-electron chi connectivity index (χ0n) is 13.5. The van der Waals surface area contributed by atoms with Crippen LogP contribution in [0, 0.1) is 5.92 Å². The van der Waals surface area contributed by atoms with E-state index in [1.807, 2.05) is 51.1 Å². The van der Waals surface area contributed by atoms with Crippen molar-refractivity contribution >= 4 is 12.1 Å². The van der Waals surface area contributed by atoms with E-state index < -0.39 is 18.1 Å². The Balaban J connectivity index is 2.67. The highest BCUT2D eigenvalue weighted by Gasteiger charge is 2.23. The predicted octanol–water partition coefficient (Wildman–Crippen LogP) is 2.93. The van der Waals surface area contributed by atoms with Crippen LogP contribution in [0.4, 0.5) is 4.79 Å². The van der Waals surface area contributed by atoms with Gasteiger partial charge in [0.05, 0.1) is 13.2 Å². The van der Waals surface area contributed by atoms with Gasteiger partial charge in [-0.15, -0.1) is 0 Å². The Bertz CT molecular complexity index is 459. The van der Waals surface area contributed by atoms with Gasteiger partial charge >= 0.3 is 12.1 Å². The number of esters is 1. The Morgan fingerprint density at radius 3 is 2.41 bits per heavy atom. The van der Waals surface area contributed by atoms with E-state index in [1.54, 1.807) is 0 Å². The second-order valence-corrected chi connectivity index (χ2v) is 5.55. The van der Waals surface area contributed by atoms with Crippen molar-refractivity contribution in [2.75, 3.05) is 13.2 Å². The zero-order chi connectivity index (χ0) is 16.4. The van der Waals surface area contributed by atoms with Gasteiger partial charge in [0.25, 0.3) is 0 Å². The molecule has 0 saturated carbocycles. The van der Waals surface area contributed by atoms with Crippen molar-refractivity contribution in [3.8, 4) is 0 Å². The summed E-state index contributed by atoms with van der Waals surface area (Å²) < 4.78 is 10.2. The van der Waals surface area contributed by atoms with Crippen LogP contribution in [-0.2, 0) is 20.7 Å². The maximum absolute atomic E-state index is 12.2. The third kappa shape index (κ3) is 7.11. The van der Waals surface area contributed by atoms with Crippen molar-refractivity contribution in [2.45, 2.75) is 39.7 Å². The van der Waals surface area contributed by atoms with Gasteiger partial charge in [-0.1, -0.05) is 51.1 Å². The molecule has 22 heavy (non-hydrogen) atoms. The highest BCUT2D eigenvalue weighted by Crippen LogP contribution is 2.06. The number of benzene rings is 1. The van der Waals surface area contributed by atoms with Crippen LogP contribution in [0.25, 0.3) is 0 Å². The van der Waals surface area contributed by atoms with Gasteiger partial charge in [0.1, 0.15) is 6.04 Å². The number of nitrogens with one attached hydrogen (secondary N) is 1. The topological polar surface area (TPSA) is 64.6 Å². The van der Waals surface area contributed by atoms with Crippen LogP contribution in [0.1, 0.15) is 32.8 Å². The Morgan fingerprint density at radius 1 is 1.14 bits per heavy atom. The second kappa shape index (κ2) is 9.82. The summed E-state index contributed by atoms with van der Waals surface area (Å²) in [6.45, 7) is 6.48. The third-order valence-electron chi connectivity index (χ3n) is 2.86. The first-order valence-corrected chi connectivity index (χ1v) is 7.66. The summed E-state index contributed by atoms with van der Waals surface area (Å²) in [5, 5.41) is 2.59. The average molecular weight is 307 g/mol. The largest absolute Gasteiger partial charge is 0.464 e. The minimum atomic E-state index is -0.745. The van der Waals surface area contributed by atoms with Crippen LogP contribution in [0.5, 0.6) is 0 Å². The van der Waals surface area contributed by atoms with Crippen LogP contribution in [0.3, 0.4) is 0 Å². The molecule has 1 unspecified atom stereocenters. The monoisotopic (exact) mass is 307 g/mol. The highest BCUT2D eigenvalue weighted by atomic mass is 16.6. The number of ether oxygens (including phenoxy) is 2. The van der Waals surface area contributed by atoms with Crippen molar-refractivity contribution in [2.24, 2.45) is 5.92 Å². The van der Waals surface area contributed by atoms with Crippen LogP contribution in [0.15, 0.2) is 30.3 Å². The smallest absolute Gasteiger partial charge is 0.407 e. The number of amides is 1. The van der Waals surface area contributed by atoms with E-state index in [0.717, 1.165) is 12.0 Å². The lowest BCUT2D eigenvalue weighted by atomic mass is 10.1. The summed E-state index contributed by atoms with van der Waals surface area (Å²) in [5.41, 5.74) is 0.949. The number of rotatable bonds is 8. The minimum absolute atomic E-state index is 0.244. The van der Waals surface area contributed by atoms with Crippen molar-refractivity contribution in [1.29, 1.82) is 0 Å². The fourth-order valence-corrected chi connectivity index (χ4v) is 1.77. The molecule has 0 heterocycles. The van der Waals surface area contributed by atoms with Crippen LogP contribution < -0.4 is 5.32 Å². The molecule has 5 heteroatoms. The van der Waals surface area contributed by atoms with Crippen molar-refractivity contribution in [3.63, 3.8) is 0 Å². The van der Waals surface area contributed by atoms with Gasteiger partial charge in [0.15, 0.2) is 0 Å². The van der Waals surface area contributed by atoms with Crippen molar-refractivity contribution in [1.82, 2.24) is 5.32 Å². The molecular formula is C17H25NO4. The number of hydrogen-bond donors (Lipinski definition) is 1. The molecule has 1 aromatic carbocycles. The fourth-order valence-electron chi connectivity index (χ4n) is 1.77. The molecule has 0 bridgehead atoms. The summed E-state index contributed by atoms with van der Waals surface area (Å²) in [6.07, 6.45) is 0.511. The molecule has 0 aliphatic carbocycles. The average Bonchev–Trinajstić information content (AvgIpc) is 2.51. The molecule has 0 saturated heterocycles. The summed E-state index contributed by atoms with van der Waals surface area (Å²) >= 11 is 0. The summed E-state index contributed by atoms with van der Waals surface area (Å²) in [5.74, 6) is -0.195. The Hall–Kier alpha value is -2.04. The summed E-state index contributed by atoms with van der Waals surface area (Å²) in [6, 6.07) is 8.75. The Labute approximate surface area is 132 Å². The van der Waals surface area contributed by atoms with E-state index in [4.69, 9.17) is 9.47 Å². The number of carbonyl (C=O) groups is 2. The zero-order valence-corrected chi connectivity index (χ0v) is 13.5. The van der Waals surface area contributed by atoms with E-state index in [2.05, 4.69) is 5.32 Å². The first kappa shape index (κ1) is 18.0. The third-order valence-corrected chi connectivity index (χ3v) is 2.86. The molecule has 1 aromatic rings. The highest BCUT2D eigenvalue weighted by molar-refractivity contribution is 5.81. The van der Waals surface area contributed by atoms with Crippen LogP contribution in [-0.4, -0.2) is 31.3 Å². The first-order chi connectivity index (χ1) is 10.5. The summed E-state index contributed by atoms with van der Waals surface area (Å²) in [4.78, 5) is 23.9. The molecule has 1 atom stereocenters. The molecule has 0 spiro atoms. The minimum Gasteiger partial charge on any atom is -0.464 e. The molecule has 0 radical (unpaired) electrons. The van der Waals surface area contributed by atoms with Gasteiger partial charge in [0, 0.05) is 6.42 Å². The Kier molecular flexibility index (Phi) is 8.04. The molecule has 122 valence electrons. The molecule has 0 aromatic heterocycles. The lowest BCUT2D eigenvalue weighted by molar-refractivity contribution is -0.147. The molecule has 1 N–H and O–H groups in total. The number of carbonyl (C=O) groups excluding carboxylic acids is 2. The van der Waals surface area contributed by atoms with Gasteiger partial charge in [-0.3, -0.25) is 0 Å². The van der Waals surface area contributed by atoms with Crippen LogP contribution in [0.2, 0.25) is 0 Å². The second-order valence-electron chi connectivity index (χ2n) is 5.55. The number of alkyl carbamates (subject to hydrolysis) is 1. The molecule has 0 aliphatic rings. The Morgan fingerprint density at radius 2 is 1.82 bits per heavy atom. The molecule has 0 fully saturated rings. The van der Waals surface area contributed by atoms with E-state index >= 15 is 0 Å². The van der Waals surface area contributed by atoms with E-state index in [1.165, 1.54) is 0 Å². The molecular weight excluding hydrogens is 282 g/mol. The van der Waals surface area contributed by atoms with E-state index in [9.17, 15) is 9.59 Å². The fraction of sp³-hybridized carbons (Fsp3) is 0.529. The lowest BCUT2D eigenvalue weighted by Gasteiger charge is -2.18. The molecule has 1 rings (SSSR count).